The fourth-order valence-electron chi connectivity index (χ4n) is 2.17. The first-order valence-corrected chi connectivity index (χ1v) is 10.2. The van der Waals surface area contributed by atoms with Crippen LogP contribution in [0.2, 0.25) is 0 Å². The Balaban J connectivity index is 1.69. The number of carbonyl (C=O) groups excluding carboxylic acids is 1. The van der Waals surface area contributed by atoms with Crippen LogP contribution in [0.4, 0.5) is 10.8 Å². The lowest BCUT2D eigenvalue weighted by molar-refractivity contribution is 0.102. The van der Waals surface area contributed by atoms with Gasteiger partial charge in [-0.3, -0.25) is 14.8 Å². The highest BCUT2D eigenvalue weighted by atomic mass is 32.2. The van der Waals surface area contributed by atoms with E-state index in [1.807, 2.05) is 0 Å². The molecule has 128 valence electrons. The van der Waals surface area contributed by atoms with Crippen molar-refractivity contribution >= 4 is 38.1 Å². The zero-order chi connectivity index (χ0) is 17.2. The molecule has 0 radical (unpaired) electrons. The van der Waals surface area contributed by atoms with E-state index in [0.29, 0.717) is 28.7 Å². The van der Waals surface area contributed by atoms with Gasteiger partial charge in [-0.05, 0) is 37.5 Å². The predicted octanol–water partition coefficient (Wildman–Crippen LogP) is 2.82. The van der Waals surface area contributed by atoms with Gasteiger partial charge in [-0.25, -0.2) is 8.42 Å². The molecule has 2 N–H and O–H groups in total. The van der Waals surface area contributed by atoms with Gasteiger partial charge in [0.2, 0.25) is 15.2 Å². The SMILES string of the molecule is CCCS(=O)(=O)Nc1cccc(C(=O)Nc2nnc(C3CC3)s2)c1. The van der Waals surface area contributed by atoms with E-state index < -0.39 is 10.0 Å². The van der Waals surface area contributed by atoms with Crippen LogP contribution in [0, 0.1) is 0 Å². The smallest absolute Gasteiger partial charge is 0.257 e. The van der Waals surface area contributed by atoms with Crippen LogP contribution in [0.5, 0.6) is 0 Å². The molecule has 9 heteroatoms. The standard InChI is InChI=1S/C15H18N4O3S2/c1-2-8-24(21,22)19-12-5-3-4-11(9-12)13(20)16-15-18-17-14(23-15)10-6-7-10/h3-5,9-10,19H,2,6-8H2,1H3,(H,16,18,20). The molecule has 1 aromatic carbocycles. The summed E-state index contributed by atoms with van der Waals surface area (Å²) in [7, 11) is -3.39. The summed E-state index contributed by atoms with van der Waals surface area (Å²) < 4.78 is 26.1. The monoisotopic (exact) mass is 366 g/mol. The van der Waals surface area contributed by atoms with Crippen LogP contribution in [0.1, 0.15) is 47.5 Å². The fraction of sp³-hybridized carbons (Fsp3) is 0.400. The number of rotatable bonds is 7. The van der Waals surface area contributed by atoms with E-state index in [0.717, 1.165) is 17.8 Å². The summed E-state index contributed by atoms with van der Waals surface area (Å²) in [6, 6.07) is 6.37. The first kappa shape index (κ1) is 16.8. The first-order valence-electron chi connectivity index (χ1n) is 7.72. The van der Waals surface area contributed by atoms with E-state index in [1.54, 1.807) is 25.1 Å². The van der Waals surface area contributed by atoms with Gasteiger partial charge in [0, 0.05) is 17.2 Å². The van der Waals surface area contributed by atoms with Crippen LogP contribution in [0.25, 0.3) is 0 Å². The molecule has 1 heterocycles. The number of amides is 1. The molecular formula is C15H18N4O3S2. The van der Waals surface area contributed by atoms with Gasteiger partial charge in [-0.2, -0.15) is 0 Å². The third-order valence-electron chi connectivity index (χ3n) is 3.46. The molecule has 3 rings (SSSR count). The maximum absolute atomic E-state index is 12.3. The largest absolute Gasteiger partial charge is 0.296 e. The second kappa shape index (κ2) is 6.86. The molecule has 0 spiro atoms. The number of nitrogens with one attached hydrogen (secondary N) is 2. The number of anilines is 2. The van der Waals surface area contributed by atoms with Crippen molar-refractivity contribution in [3.05, 3.63) is 34.8 Å². The molecule has 1 aromatic heterocycles. The molecule has 1 aliphatic carbocycles. The number of nitrogens with zero attached hydrogens (tertiary/aromatic N) is 2. The summed E-state index contributed by atoms with van der Waals surface area (Å²) in [5.41, 5.74) is 0.724. The number of hydrogen-bond acceptors (Lipinski definition) is 6. The van der Waals surface area contributed by atoms with Gasteiger partial charge < -0.3 is 0 Å². The third-order valence-corrected chi connectivity index (χ3v) is 5.95. The highest BCUT2D eigenvalue weighted by Gasteiger charge is 2.27. The first-order chi connectivity index (χ1) is 11.5. The summed E-state index contributed by atoms with van der Waals surface area (Å²) in [4.78, 5) is 12.3. The molecule has 2 aromatic rings. The van der Waals surface area contributed by atoms with Crippen LogP contribution in [-0.4, -0.2) is 30.3 Å². The van der Waals surface area contributed by atoms with Crippen LogP contribution in [0.15, 0.2) is 24.3 Å². The van der Waals surface area contributed by atoms with Crippen LogP contribution in [-0.2, 0) is 10.0 Å². The molecule has 1 fully saturated rings. The molecular weight excluding hydrogens is 348 g/mol. The van der Waals surface area contributed by atoms with E-state index in [4.69, 9.17) is 0 Å². The van der Waals surface area contributed by atoms with Gasteiger partial charge >= 0.3 is 0 Å². The molecule has 0 atom stereocenters. The Labute approximate surface area is 144 Å². The van der Waals surface area contributed by atoms with E-state index in [1.165, 1.54) is 17.4 Å². The number of aromatic nitrogens is 2. The summed E-state index contributed by atoms with van der Waals surface area (Å²) in [6.45, 7) is 1.79. The van der Waals surface area contributed by atoms with Crippen molar-refractivity contribution in [1.29, 1.82) is 0 Å². The van der Waals surface area contributed by atoms with Gasteiger partial charge in [-0.15, -0.1) is 10.2 Å². The van der Waals surface area contributed by atoms with Crippen molar-refractivity contribution < 1.29 is 13.2 Å². The minimum Gasteiger partial charge on any atom is -0.296 e. The molecule has 0 unspecified atom stereocenters. The Morgan fingerprint density at radius 3 is 2.83 bits per heavy atom. The van der Waals surface area contributed by atoms with Gasteiger partial charge in [-0.1, -0.05) is 24.3 Å². The van der Waals surface area contributed by atoms with Crippen LogP contribution >= 0.6 is 11.3 Å². The topological polar surface area (TPSA) is 101 Å². The zero-order valence-electron chi connectivity index (χ0n) is 13.2. The van der Waals surface area contributed by atoms with Crippen molar-refractivity contribution in [2.45, 2.75) is 32.1 Å². The molecule has 0 bridgehead atoms. The second-order valence-electron chi connectivity index (χ2n) is 5.68. The molecule has 0 aliphatic heterocycles. The average molecular weight is 366 g/mol. The van der Waals surface area contributed by atoms with Crippen LogP contribution in [0.3, 0.4) is 0 Å². The van der Waals surface area contributed by atoms with Gasteiger partial charge in [0.05, 0.1) is 5.75 Å². The van der Waals surface area contributed by atoms with E-state index in [2.05, 4.69) is 20.2 Å². The predicted molar refractivity (Wildman–Crippen MR) is 94.0 cm³/mol. The minimum absolute atomic E-state index is 0.0398. The second-order valence-corrected chi connectivity index (χ2v) is 8.53. The lowest BCUT2D eigenvalue weighted by Gasteiger charge is -2.08. The number of hydrogen-bond donors (Lipinski definition) is 2. The lowest BCUT2D eigenvalue weighted by Crippen LogP contribution is -2.17. The average Bonchev–Trinajstić information content (AvgIpc) is 3.27. The molecule has 24 heavy (non-hydrogen) atoms. The molecule has 1 saturated carbocycles. The maximum atomic E-state index is 12.3. The van der Waals surface area contributed by atoms with Gasteiger partial charge in [0.1, 0.15) is 5.01 Å². The Morgan fingerprint density at radius 1 is 1.33 bits per heavy atom. The quantitative estimate of drug-likeness (QED) is 0.785. The molecule has 1 aliphatic rings. The molecule has 0 saturated heterocycles. The molecule has 1 amide bonds. The van der Waals surface area contributed by atoms with Crippen LogP contribution < -0.4 is 10.0 Å². The Kier molecular flexibility index (Phi) is 4.81. The molecule has 7 nitrogen and oxygen atoms in total. The fourth-order valence-corrected chi connectivity index (χ4v) is 4.21. The summed E-state index contributed by atoms with van der Waals surface area (Å²) >= 11 is 1.38. The zero-order valence-corrected chi connectivity index (χ0v) is 14.8. The van der Waals surface area contributed by atoms with Crippen molar-refractivity contribution in [2.24, 2.45) is 0 Å². The van der Waals surface area contributed by atoms with Crippen molar-refractivity contribution in [3.63, 3.8) is 0 Å². The normalized spacial score (nSPS) is 14.4. The third kappa shape index (κ3) is 4.30. The van der Waals surface area contributed by atoms with Gasteiger partial charge in [0.15, 0.2) is 0 Å². The Hall–Kier alpha value is -2.00. The highest BCUT2D eigenvalue weighted by Crippen LogP contribution is 2.42. The Bertz CT molecular complexity index is 844. The summed E-state index contributed by atoms with van der Waals surface area (Å²) in [6.07, 6.45) is 2.78. The summed E-state index contributed by atoms with van der Waals surface area (Å²) in [5.74, 6) is 0.188. The minimum atomic E-state index is -3.39. The Morgan fingerprint density at radius 2 is 2.12 bits per heavy atom. The number of sulfonamides is 1. The van der Waals surface area contributed by atoms with Crippen molar-refractivity contribution in [2.75, 3.05) is 15.8 Å². The van der Waals surface area contributed by atoms with E-state index >= 15 is 0 Å². The maximum Gasteiger partial charge on any atom is 0.257 e. The van der Waals surface area contributed by atoms with Crippen molar-refractivity contribution in [3.8, 4) is 0 Å². The van der Waals surface area contributed by atoms with Gasteiger partial charge in [0.25, 0.3) is 5.91 Å². The number of carbonyl (C=O) groups is 1. The van der Waals surface area contributed by atoms with Crippen molar-refractivity contribution in [1.82, 2.24) is 10.2 Å². The van der Waals surface area contributed by atoms with E-state index in [-0.39, 0.29) is 11.7 Å². The van der Waals surface area contributed by atoms with E-state index in [9.17, 15) is 13.2 Å². The highest BCUT2D eigenvalue weighted by molar-refractivity contribution is 7.92. The summed E-state index contributed by atoms with van der Waals surface area (Å²) in [5, 5.41) is 12.2. The lowest BCUT2D eigenvalue weighted by atomic mass is 10.2. The number of benzene rings is 1.